The van der Waals surface area contributed by atoms with Gasteiger partial charge in [-0.05, 0) is 103 Å². The van der Waals surface area contributed by atoms with E-state index in [0.717, 1.165) is 24.0 Å². The molecule has 17 nitrogen and oxygen atoms in total. The third-order valence-electron chi connectivity index (χ3n) is 15.4. The third-order valence-corrected chi connectivity index (χ3v) is 15.4. The van der Waals surface area contributed by atoms with Crippen LogP contribution in [0.2, 0.25) is 0 Å². The Kier molecular flexibility index (Phi) is 26.2. The lowest BCUT2D eigenvalue weighted by molar-refractivity contribution is -0.266. The molecular weight excluding hydrogens is 968 g/mol. The number of oxime groups is 1. The van der Waals surface area contributed by atoms with E-state index < -0.39 is 84.3 Å². The normalized spacial score (nSPS) is 35.3. The molecule has 1 aromatic heterocycles. The van der Waals surface area contributed by atoms with E-state index in [4.69, 9.17) is 33.3 Å². The molecule has 18 heteroatoms. The average molecular weight is 1060 g/mol. The summed E-state index contributed by atoms with van der Waals surface area (Å²) in [5.41, 5.74) is 0.218. The number of hydrogen-bond donors (Lipinski definition) is 5. The number of esters is 1. The number of rotatable bonds is 15. The van der Waals surface area contributed by atoms with Gasteiger partial charge >= 0.3 is 5.97 Å². The number of aromatic nitrogens is 1. The number of ether oxygens (including phenoxy) is 6. The highest BCUT2D eigenvalue weighted by Gasteiger charge is 2.48. The molecule has 3 aliphatic rings. The molecule has 4 heterocycles. The summed E-state index contributed by atoms with van der Waals surface area (Å²) in [7, 11) is 6.72. The smallest absolute Gasteiger partial charge is 0.311 e. The van der Waals surface area contributed by atoms with Crippen molar-refractivity contribution in [3.05, 3.63) is 54.4 Å². The van der Waals surface area contributed by atoms with E-state index in [1.807, 2.05) is 84.7 Å². The number of methoxy groups -OCH3 is 2. The Bertz CT molecular complexity index is 2060. The lowest BCUT2D eigenvalue weighted by Gasteiger charge is -2.44. The van der Waals surface area contributed by atoms with Gasteiger partial charge in [0.2, 0.25) is 5.91 Å². The Hall–Kier alpha value is -4.13. The molecule has 0 saturated carbocycles. The molecule has 75 heavy (non-hydrogen) atoms. The van der Waals surface area contributed by atoms with Crippen LogP contribution in [-0.2, 0) is 42.8 Å². The molecular formula is C57H91FN4O13. The van der Waals surface area contributed by atoms with Crippen molar-refractivity contribution < 1.29 is 67.7 Å². The highest BCUT2D eigenvalue weighted by molar-refractivity contribution is 5.88. The molecule has 1 amide bonds. The number of alkyl halides is 1. The number of halogens is 1. The highest BCUT2D eigenvalue weighted by atomic mass is 19.1. The van der Waals surface area contributed by atoms with Crippen LogP contribution in [-0.4, -0.2) is 161 Å². The van der Waals surface area contributed by atoms with E-state index >= 15 is 0 Å². The minimum atomic E-state index is -1.75. The summed E-state index contributed by atoms with van der Waals surface area (Å²) < 4.78 is 49.6. The van der Waals surface area contributed by atoms with Crippen molar-refractivity contribution in [2.75, 3.05) is 41.6 Å². The maximum atomic E-state index is 13.7. The maximum absolute atomic E-state index is 13.7. The molecule has 5 rings (SSSR count). The fourth-order valence-electron chi connectivity index (χ4n) is 11.0. The quantitative estimate of drug-likeness (QED) is 0.0678. The zero-order valence-electron chi connectivity index (χ0n) is 47.1. The number of terminal acetylenes is 1. The van der Waals surface area contributed by atoms with Gasteiger partial charge in [0.1, 0.15) is 31.6 Å². The number of benzene rings is 1. The molecule has 0 bridgehead atoms. The van der Waals surface area contributed by atoms with Crippen molar-refractivity contribution in [2.45, 2.75) is 199 Å². The highest BCUT2D eigenvalue weighted by Crippen LogP contribution is 2.39. The number of hydrogen-bond acceptors (Lipinski definition) is 16. The molecule has 0 unspecified atom stereocenters. The lowest BCUT2D eigenvalue weighted by Crippen LogP contribution is -2.56. The van der Waals surface area contributed by atoms with E-state index in [0.29, 0.717) is 49.9 Å². The third kappa shape index (κ3) is 18.5. The Labute approximate surface area is 446 Å². The van der Waals surface area contributed by atoms with Crippen molar-refractivity contribution in [3.8, 4) is 24.0 Å². The van der Waals surface area contributed by atoms with Crippen LogP contribution in [0.15, 0.2) is 53.9 Å². The number of aliphatic hydroxyl groups is 4. The molecule has 424 valence electrons. The summed E-state index contributed by atoms with van der Waals surface area (Å²) in [6.45, 7) is 18.5. The number of aliphatic hydroxyl groups excluding tert-OH is 3. The van der Waals surface area contributed by atoms with Crippen LogP contribution in [0.1, 0.15) is 132 Å². The van der Waals surface area contributed by atoms with Crippen LogP contribution in [0.25, 0.3) is 11.1 Å². The van der Waals surface area contributed by atoms with Crippen LogP contribution >= 0.6 is 0 Å². The fourth-order valence-corrected chi connectivity index (χ4v) is 11.0. The van der Waals surface area contributed by atoms with Gasteiger partial charge in [-0.3, -0.25) is 14.6 Å². The molecule has 2 aromatic rings. The van der Waals surface area contributed by atoms with E-state index in [2.05, 4.69) is 28.3 Å². The SMILES string of the molecule is C#C.CC[C@H]1OC(=O)[C@H](C)[C@@H](O[C@H]2C[C@@](C)(OC)C[C@H](C)O2)[C@H](C)C[C@](C)(OC)C[C@@H](C)/C(=N/OC)[C@H](C)[C@@H](O)[C@]1(C)O.C[C@@H]1C[C@H](N(C)CCC(=O)N[C@H](CF)[C@H](O)c2ccc(-c3cccnc3)cc2)C[C@H](O)O1. The number of carbonyl (C=O) groups excluding carboxylic acids is 2. The molecule has 1 aromatic carbocycles. The number of cyclic esters (lactones) is 1. The first-order valence-electron chi connectivity index (χ1n) is 26.4. The number of nitrogens with zero attached hydrogens (tertiary/aromatic N) is 3. The molecule has 17 atom stereocenters. The molecule has 3 aliphatic heterocycles. The van der Waals surface area contributed by atoms with Gasteiger partial charge in [0.05, 0.1) is 53.3 Å². The van der Waals surface area contributed by atoms with Crippen molar-refractivity contribution >= 4 is 17.6 Å². The van der Waals surface area contributed by atoms with Crippen LogP contribution < -0.4 is 5.32 Å². The first-order chi connectivity index (χ1) is 35.3. The first-order valence-corrected chi connectivity index (χ1v) is 26.4. The number of carbonyl (C=O) groups is 2. The van der Waals surface area contributed by atoms with Crippen LogP contribution in [0, 0.1) is 36.5 Å². The summed E-state index contributed by atoms with van der Waals surface area (Å²) in [6, 6.07) is 10.00. The molecule has 5 N–H and O–H groups in total. The minimum Gasteiger partial charge on any atom is -0.459 e. The van der Waals surface area contributed by atoms with E-state index in [9.17, 15) is 34.4 Å². The summed E-state index contributed by atoms with van der Waals surface area (Å²) in [4.78, 5) is 37.4. The van der Waals surface area contributed by atoms with E-state index in [1.54, 1.807) is 52.6 Å². The van der Waals surface area contributed by atoms with Gasteiger partial charge in [-0.15, -0.1) is 12.8 Å². The standard InChI is InChI=1S/C31H57NO9.C24H32FN3O4.C2H2/c1-13-23-31(9,35)27(33)21(5)25(32-38-12)18(2)14-29(7,36-10)15-19(3)26(22(6)28(34)40-23)41-24-17-30(8,37-11)16-20(4)39-24;1-16-12-20(13-23(30)32-16)28(2)11-9-22(29)27-21(14-25)24(31)18-7-5-17(6-8-18)19-4-3-10-26-15-19;1-2/h18-24,26-27,33,35H,13-17H2,1-12H3;3-8,10,15-16,20-21,23-24,30-31H,9,11-14H2,1-2H3,(H,27,29);1-2H/b32-25-;;/t18-,19-,20+,21+,22-,23-,24+,26+,27-,29-,30+,31-;16-,20+,21-,23-,24-;/m11./s1. The van der Waals surface area contributed by atoms with Gasteiger partial charge < -0.3 is 63.9 Å². The van der Waals surface area contributed by atoms with Gasteiger partial charge in [-0.2, -0.15) is 0 Å². The maximum Gasteiger partial charge on any atom is 0.311 e. The summed E-state index contributed by atoms with van der Waals surface area (Å²) >= 11 is 0. The van der Waals surface area contributed by atoms with Crippen molar-refractivity contribution in [3.63, 3.8) is 0 Å². The molecule has 0 spiro atoms. The Balaban J connectivity index is 0.000000393. The van der Waals surface area contributed by atoms with Crippen LogP contribution in [0.4, 0.5) is 4.39 Å². The van der Waals surface area contributed by atoms with Gasteiger partial charge in [-0.25, -0.2) is 4.39 Å². The largest absolute Gasteiger partial charge is 0.459 e. The van der Waals surface area contributed by atoms with Crippen LogP contribution in [0.3, 0.4) is 0 Å². The topological polar surface area (TPSA) is 220 Å². The predicted octanol–water partition coefficient (Wildman–Crippen LogP) is 7.17. The number of pyridine rings is 1. The van der Waals surface area contributed by atoms with Gasteiger partial charge in [0, 0.05) is 76.7 Å². The monoisotopic (exact) mass is 1060 g/mol. The summed E-state index contributed by atoms with van der Waals surface area (Å²) in [5, 5.41) is 50.3. The van der Waals surface area contributed by atoms with Gasteiger partial charge in [0.25, 0.3) is 0 Å². The van der Waals surface area contributed by atoms with Crippen molar-refractivity contribution in [1.29, 1.82) is 0 Å². The molecule has 3 fully saturated rings. The zero-order chi connectivity index (χ0) is 56.4. The van der Waals surface area contributed by atoms with Crippen molar-refractivity contribution in [2.24, 2.45) is 28.8 Å². The first kappa shape index (κ1) is 65.2. The number of amides is 1. The minimum absolute atomic E-state index is 0.0457. The second kappa shape index (κ2) is 30.1. The predicted molar refractivity (Wildman–Crippen MR) is 286 cm³/mol. The second-order valence-electron chi connectivity index (χ2n) is 21.7. The Morgan fingerprint density at radius 2 is 1.56 bits per heavy atom. The van der Waals surface area contributed by atoms with Crippen LogP contribution in [0.5, 0.6) is 0 Å². The zero-order valence-corrected chi connectivity index (χ0v) is 47.1. The average Bonchev–Trinajstić information content (AvgIpc) is 3.38. The molecule has 0 aliphatic carbocycles. The second-order valence-corrected chi connectivity index (χ2v) is 21.7. The van der Waals surface area contributed by atoms with E-state index in [1.165, 1.54) is 14.0 Å². The Morgan fingerprint density at radius 3 is 2.12 bits per heavy atom. The van der Waals surface area contributed by atoms with Gasteiger partial charge in [-0.1, -0.05) is 63.2 Å². The Morgan fingerprint density at radius 1 is 0.920 bits per heavy atom. The summed E-state index contributed by atoms with van der Waals surface area (Å²) in [5.74, 6) is -2.40. The summed E-state index contributed by atoms with van der Waals surface area (Å²) in [6.07, 6.45) is 10.1. The fraction of sp³-hybridized carbons (Fsp3) is 0.719. The lowest BCUT2D eigenvalue weighted by atomic mass is 9.75. The molecule has 0 radical (unpaired) electrons. The van der Waals surface area contributed by atoms with E-state index in [-0.39, 0.29) is 42.4 Å². The number of nitrogens with one attached hydrogen (secondary N) is 1. The molecule has 3 saturated heterocycles. The van der Waals surface area contributed by atoms with Gasteiger partial charge in [0.15, 0.2) is 12.6 Å². The van der Waals surface area contributed by atoms with Crippen molar-refractivity contribution in [1.82, 2.24) is 15.2 Å².